The third-order valence-corrected chi connectivity index (χ3v) is 4.50. The smallest absolute Gasteiger partial charge is 0.310 e. The lowest BCUT2D eigenvalue weighted by Gasteiger charge is -2.33. The Morgan fingerprint density at radius 1 is 1.40 bits per heavy atom. The summed E-state index contributed by atoms with van der Waals surface area (Å²) in [4.78, 5) is 38.3. The zero-order valence-corrected chi connectivity index (χ0v) is 14.4. The summed E-state index contributed by atoms with van der Waals surface area (Å²) >= 11 is 0. The number of carbonyl (C=O) groups excluding carboxylic acids is 3. The van der Waals surface area contributed by atoms with Crippen LogP contribution in [0, 0.1) is 5.92 Å². The second-order valence-electron chi connectivity index (χ2n) is 6.27. The normalized spacial score (nSPS) is 22.5. The molecular weight excluding hydrogens is 324 g/mol. The van der Waals surface area contributed by atoms with E-state index in [2.05, 4.69) is 5.32 Å². The number of piperidine rings is 1. The van der Waals surface area contributed by atoms with Crippen molar-refractivity contribution in [2.75, 3.05) is 25.0 Å². The van der Waals surface area contributed by atoms with Crippen molar-refractivity contribution in [2.45, 2.75) is 32.8 Å². The maximum Gasteiger partial charge on any atom is 0.310 e. The van der Waals surface area contributed by atoms with Gasteiger partial charge in [0.05, 0.1) is 23.8 Å². The van der Waals surface area contributed by atoms with Gasteiger partial charge in [-0.25, -0.2) is 0 Å². The fourth-order valence-electron chi connectivity index (χ4n) is 3.18. The summed E-state index contributed by atoms with van der Waals surface area (Å²) in [6, 6.07) is 5.09. The molecular formula is C18H22N2O5. The molecule has 0 aliphatic carbocycles. The van der Waals surface area contributed by atoms with Gasteiger partial charge in [-0.1, -0.05) is 6.07 Å². The Labute approximate surface area is 146 Å². The number of nitrogens with zero attached hydrogens (tertiary/aromatic N) is 1. The first-order valence-corrected chi connectivity index (χ1v) is 8.57. The molecule has 1 fully saturated rings. The van der Waals surface area contributed by atoms with Crippen molar-refractivity contribution < 1.29 is 23.9 Å². The van der Waals surface area contributed by atoms with Crippen LogP contribution in [-0.4, -0.2) is 48.5 Å². The summed E-state index contributed by atoms with van der Waals surface area (Å²) in [5, 5.41) is 2.74. The summed E-state index contributed by atoms with van der Waals surface area (Å²) < 4.78 is 10.7. The number of hydrogen-bond acceptors (Lipinski definition) is 5. The van der Waals surface area contributed by atoms with Crippen LogP contribution < -0.4 is 10.1 Å². The maximum absolute atomic E-state index is 13.0. The Morgan fingerprint density at radius 3 is 2.96 bits per heavy atom. The minimum absolute atomic E-state index is 0.200. The number of esters is 1. The van der Waals surface area contributed by atoms with Gasteiger partial charge in [-0.05, 0) is 38.8 Å². The predicted molar refractivity (Wildman–Crippen MR) is 90.4 cm³/mol. The van der Waals surface area contributed by atoms with E-state index in [0.29, 0.717) is 36.7 Å². The molecule has 1 aromatic carbocycles. The molecule has 1 aromatic rings. The second-order valence-corrected chi connectivity index (χ2v) is 6.27. The number of benzene rings is 1. The van der Waals surface area contributed by atoms with Gasteiger partial charge in [-0.3, -0.25) is 14.4 Å². The van der Waals surface area contributed by atoms with Crippen molar-refractivity contribution in [1.29, 1.82) is 0 Å². The fourth-order valence-corrected chi connectivity index (χ4v) is 3.18. The molecule has 3 rings (SSSR count). The highest BCUT2D eigenvalue weighted by Gasteiger charge is 2.33. The van der Waals surface area contributed by atoms with Crippen LogP contribution in [0.5, 0.6) is 5.75 Å². The Bertz CT molecular complexity index is 703. The number of fused-ring (bicyclic) bond motifs is 1. The lowest BCUT2D eigenvalue weighted by atomic mass is 9.97. The van der Waals surface area contributed by atoms with Crippen LogP contribution in [0.25, 0.3) is 0 Å². The SMILES string of the molecule is CCOC(=O)C1CCCN(C(=O)c2cccc3c2OC(C)C(=O)N3)C1. The fraction of sp³-hybridized carbons (Fsp3) is 0.500. The minimum Gasteiger partial charge on any atom is -0.478 e. The van der Waals surface area contributed by atoms with Crippen LogP contribution >= 0.6 is 0 Å². The van der Waals surface area contributed by atoms with E-state index >= 15 is 0 Å². The lowest BCUT2D eigenvalue weighted by Crippen LogP contribution is -2.43. The third kappa shape index (κ3) is 3.45. The second kappa shape index (κ2) is 7.13. The molecule has 2 aliphatic rings. The quantitative estimate of drug-likeness (QED) is 0.844. The molecule has 0 aromatic heterocycles. The summed E-state index contributed by atoms with van der Waals surface area (Å²) in [5.74, 6) is -0.603. The number of amides is 2. The monoisotopic (exact) mass is 346 g/mol. The molecule has 1 saturated heterocycles. The summed E-state index contributed by atoms with van der Waals surface area (Å²) in [7, 11) is 0. The van der Waals surface area contributed by atoms with Crippen molar-refractivity contribution in [3.05, 3.63) is 23.8 Å². The van der Waals surface area contributed by atoms with Gasteiger partial charge in [0, 0.05) is 13.1 Å². The zero-order valence-electron chi connectivity index (χ0n) is 14.4. The van der Waals surface area contributed by atoms with E-state index in [9.17, 15) is 14.4 Å². The molecule has 2 heterocycles. The van der Waals surface area contributed by atoms with E-state index < -0.39 is 6.10 Å². The highest BCUT2D eigenvalue weighted by molar-refractivity contribution is 6.04. The maximum atomic E-state index is 13.0. The zero-order chi connectivity index (χ0) is 18.0. The van der Waals surface area contributed by atoms with Crippen molar-refractivity contribution >= 4 is 23.5 Å². The van der Waals surface area contributed by atoms with E-state index in [0.717, 1.165) is 12.8 Å². The molecule has 0 bridgehead atoms. The molecule has 2 atom stereocenters. The van der Waals surface area contributed by atoms with E-state index in [1.165, 1.54) is 0 Å². The number of rotatable bonds is 3. The van der Waals surface area contributed by atoms with Crippen LogP contribution in [0.2, 0.25) is 0 Å². The molecule has 2 aliphatic heterocycles. The van der Waals surface area contributed by atoms with Gasteiger partial charge in [0.1, 0.15) is 0 Å². The molecule has 2 amide bonds. The molecule has 25 heavy (non-hydrogen) atoms. The van der Waals surface area contributed by atoms with Gasteiger partial charge in [0.15, 0.2) is 11.9 Å². The Hall–Kier alpha value is -2.57. The van der Waals surface area contributed by atoms with Crippen LogP contribution in [0.15, 0.2) is 18.2 Å². The first-order chi connectivity index (χ1) is 12.0. The molecule has 0 spiro atoms. The largest absolute Gasteiger partial charge is 0.478 e. The standard InChI is InChI=1S/C18H22N2O5/c1-3-24-18(23)12-6-5-9-20(10-12)17(22)13-7-4-8-14-15(13)25-11(2)16(21)19-14/h4,7-8,11-12H,3,5-6,9-10H2,1-2H3,(H,19,21). The third-order valence-electron chi connectivity index (χ3n) is 4.50. The molecule has 1 N–H and O–H groups in total. The molecule has 134 valence electrons. The summed E-state index contributed by atoms with van der Waals surface area (Å²) in [6.07, 6.45) is 0.812. The van der Waals surface area contributed by atoms with Crippen molar-refractivity contribution in [2.24, 2.45) is 5.92 Å². The van der Waals surface area contributed by atoms with E-state index in [1.807, 2.05) is 0 Å². The van der Waals surface area contributed by atoms with Gasteiger partial charge < -0.3 is 19.7 Å². The molecule has 0 radical (unpaired) electrons. The Morgan fingerprint density at radius 2 is 2.20 bits per heavy atom. The van der Waals surface area contributed by atoms with Crippen LogP contribution in [0.3, 0.4) is 0 Å². The molecule has 7 nitrogen and oxygen atoms in total. The lowest BCUT2D eigenvalue weighted by molar-refractivity contribution is -0.149. The first-order valence-electron chi connectivity index (χ1n) is 8.57. The van der Waals surface area contributed by atoms with Gasteiger partial charge in [-0.15, -0.1) is 0 Å². The van der Waals surface area contributed by atoms with Crippen molar-refractivity contribution in [3.8, 4) is 5.75 Å². The Balaban J connectivity index is 1.81. The highest BCUT2D eigenvalue weighted by atomic mass is 16.5. The van der Waals surface area contributed by atoms with E-state index in [-0.39, 0.29) is 23.7 Å². The van der Waals surface area contributed by atoms with Crippen molar-refractivity contribution in [1.82, 2.24) is 4.90 Å². The van der Waals surface area contributed by atoms with E-state index in [1.54, 1.807) is 36.9 Å². The van der Waals surface area contributed by atoms with Crippen molar-refractivity contribution in [3.63, 3.8) is 0 Å². The number of anilines is 1. The molecule has 2 unspecified atom stereocenters. The summed E-state index contributed by atoms with van der Waals surface area (Å²) in [5.41, 5.74) is 0.891. The molecule has 7 heteroatoms. The minimum atomic E-state index is -0.657. The van der Waals surface area contributed by atoms with Gasteiger partial charge >= 0.3 is 5.97 Å². The summed E-state index contributed by atoms with van der Waals surface area (Å²) in [6.45, 7) is 4.66. The van der Waals surface area contributed by atoms with E-state index in [4.69, 9.17) is 9.47 Å². The predicted octanol–water partition coefficient (Wildman–Crippen LogP) is 1.82. The van der Waals surface area contributed by atoms with Gasteiger partial charge in [0.25, 0.3) is 11.8 Å². The van der Waals surface area contributed by atoms with Crippen LogP contribution in [0.4, 0.5) is 5.69 Å². The average molecular weight is 346 g/mol. The number of para-hydroxylation sites is 1. The van der Waals surface area contributed by atoms with Gasteiger partial charge in [0.2, 0.25) is 0 Å². The number of likely N-dealkylation sites (tertiary alicyclic amines) is 1. The van der Waals surface area contributed by atoms with Crippen LogP contribution in [0.1, 0.15) is 37.0 Å². The number of ether oxygens (including phenoxy) is 2. The number of nitrogens with one attached hydrogen (secondary N) is 1. The topological polar surface area (TPSA) is 84.9 Å². The van der Waals surface area contributed by atoms with Gasteiger partial charge in [-0.2, -0.15) is 0 Å². The number of carbonyl (C=O) groups is 3. The number of hydrogen-bond donors (Lipinski definition) is 1. The molecule has 0 saturated carbocycles. The Kier molecular flexibility index (Phi) is 4.92. The van der Waals surface area contributed by atoms with Crippen LogP contribution in [-0.2, 0) is 14.3 Å². The first kappa shape index (κ1) is 17.3. The highest BCUT2D eigenvalue weighted by Crippen LogP contribution is 2.34. The average Bonchev–Trinajstić information content (AvgIpc) is 2.62.